The van der Waals surface area contributed by atoms with E-state index in [2.05, 4.69) is 10.9 Å². The molecule has 0 heterocycles. The van der Waals surface area contributed by atoms with Crippen LogP contribution < -0.4 is 20.3 Å². The summed E-state index contributed by atoms with van der Waals surface area (Å²) < 4.78 is 10.6. The number of para-hydroxylation sites is 1. The van der Waals surface area contributed by atoms with Crippen molar-refractivity contribution in [3.05, 3.63) is 59.7 Å². The highest BCUT2D eigenvalue weighted by Gasteiger charge is 2.07. The number of carbonyl (C=O) groups is 2. The molecule has 2 rings (SSSR count). The number of carbonyl (C=O) groups excluding carboxylic acids is 2. The molecule has 0 aromatic heterocycles. The first-order valence-electron chi connectivity index (χ1n) is 7.47. The Hall–Kier alpha value is -3.53. The highest BCUT2D eigenvalue weighted by molar-refractivity contribution is 5.83. The summed E-state index contributed by atoms with van der Waals surface area (Å²) in [6, 6.07) is 15.6. The zero-order chi connectivity index (χ0) is 18.1. The number of ether oxygens (including phenoxy) is 2. The van der Waals surface area contributed by atoms with E-state index in [9.17, 15) is 9.59 Å². The van der Waals surface area contributed by atoms with Crippen molar-refractivity contribution in [3.63, 3.8) is 0 Å². The van der Waals surface area contributed by atoms with Crippen molar-refractivity contribution in [2.45, 2.75) is 6.92 Å². The third-order valence-corrected chi connectivity index (χ3v) is 3.15. The number of rotatable bonds is 6. The molecular weight excluding hydrogens is 322 g/mol. The van der Waals surface area contributed by atoms with Crippen LogP contribution in [0.15, 0.2) is 48.5 Å². The fraction of sp³-hybridized carbons (Fsp3) is 0.167. The molecule has 0 bridgehead atoms. The third-order valence-electron chi connectivity index (χ3n) is 3.15. The molecule has 0 radical (unpaired) electrons. The largest absolute Gasteiger partial charge is 0.484 e. The highest BCUT2D eigenvalue weighted by Crippen LogP contribution is 2.15. The Morgan fingerprint density at radius 2 is 1.56 bits per heavy atom. The normalized spacial score (nSPS) is 9.60. The van der Waals surface area contributed by atoms with Gasteiger partial charge in [-0.15, -0.1) is 0 Å². The number of hydrazine groups is 1. The van der Waals surface area contributed by atoms with Gasteiger partial charge in [-0.25, -0.2) is 0 Å². The minimum Gasteiger partial charge on any atom is -0.484 e. The molecule has 7 heteroatoms. The number of hydrogen-bond acceptors (Lipinski definition) is 5. The first-order chi connectivity index (χ1) is 12.1. The molecule has 2 N–H and O–H groups in total. The average Bonchev–Trinajstić information content (AvgIpc) is 2.64. The average molecular weight is 339 g/mol. The topological polar surface area (TPSA) is 100 Å². The molecule has 0 spiro atoms. The second-order valence-corrected chi connectivity index (χ2v) is 5.08. The monoisotopic (exact) mass is 339 g/mol. The van der Waals surface area contributed by atoms with E-state index in [-0.39, 0.29) is 13.2 Å². The van der Waals surface area contributed by atoms with Crippen molar-refractivity contribution in [1.29, 1.82) is 5.26 Å². The smallest absolute Gasteiger partial charge is 0.276 e. The summed E-state index contributed by atoms with van der Waals surface area (Å²) >= 11 is 0. The summed E-state index contributed by atoms with van der Waals surface area (Å²) in [7, 11) is 0. The molecule has 7 nitrogen and oxygen atoms in total. The Kier molecular flexibility index (Phi) is 6.37. The van der Waals surface area contributed by atoms with Crippen LogP contribution in [0.1, 0.15) is 11.1 Å². The second kappa shape index (κ2) is 8.93. The van der Waals surface area contributed by atoms with E-state index < -0.39 is 11.8 Å². The van der Waals surface area contributed by atoms with Gasteiger partial charge in [-0.1, -0.05) is 18.2 Å². The number of benzene rings is 2. The summed E-state index contributed by atoms with van der Waals surface area (Å²) in [6.07, 6.45) is 0. The van der Waals surface area contributed by atoms with Gasteiger partial charge in [0.1, 0.15) is 11.5 Å². The van der Waals surface area contributed by atoms with E-state index in [0.717, 1.165) is 5.56 Å². The zero-order valence-electron chi connectivity index (χ0n) is 13.6. The van der Waals surface area contributed by atoms with E-state index in [0.29, 0.717) is 17.1 Å². The van der Waals surface area contributed by atoms with Crippen LogP contribution in [-0.4, -0.2) is 25.0 Å². The number of nitriles is 1. The van der Waals surface area contributed by atoms with Crippen LogP contribution in [0.4, 0.5) is 0 Å². The van der Waals surface area contributed by atoms with Crippen LogP contribution in [0.25, 0.3) is 0 Å². The molecule has 0 atom stereocenters. The van der Waals surface area contributed by atoms with Gasteiger partial charge in [-0.2, -0.15) is 5.26 Å². The zero-order valence-corrected chi connectivity index (χ0v) is 13.6. The Labute approximate surface area is 145 Å². The van der Waals surface area contributed by atoms with Crippen molar-refractivity contribution in [1.82, 2.24) is 10.9 Å². The highest BCUT2D eigenvalue weighted by atomic mass is 16.5. The summed E-state index contributed by atoms with van der Waals surface area (Å²) in [6.45, 7) is 1.38. The molecule has 2 aromatic carbocycles. The number of amides is 2. The lowest BCUT2D eigenvalue weighted by atomic mass is 10.2. The first kappa shape index (κ1) is 17.8. The summed E-state index contributed by atoms with van der Waals surface area (Å²) in [4.78, 5) is 23.3. The van der Waals surface area contributed by atoms with E-state index in [1.807, 2.05) is 31.2 Å². The molecule has 0 fully saturated rings. The van der Waals surface area contributed by atoms with Gasteiger partial charge in [0.25, 0.3) is 11.8 Å². The quantitative estimate of drug-likeness (QED) is 0.776. The molecule has 0 aliphatic rings. The van der Waals surface area contributed by atoms with Gasteiger partial charge >= 0.3 is 0 Å². The minimum atomic E-state index is -0.520. The maximum Gasteiger partial charge on any atom is 0.276 e. The summed E-state index contributed by atoms with van der Waals surface area (Å²) in [5.41, 5.74) is 5.88. The molecule has 0 aliphatic carbocycles. The van der Waals surface area contributed by atoms with Crippen LogP contribution in [0.5, 0.6) is 11.5 Å². The van der Waals surface area contributed by atoms with E-state index >= 15 is 0 Å². The lowest BCUT2D eigenvalue weighted by molar-refractivity contribution is -0.131. The molecule has 0 aliphatic heterocycles. The van der Waals surface area contributed by atoms with Gasteiger partial charge in [0.2, 0.25) is 0 Å². The summed E-state index contributed by atoms with van der Waals surface area (Å²) in [5.74, 6) is 0.0417. The molecule has 0 saturated heterocycles. The summed E-state index contributed by atoms with van der Waals surface area (Å²) in [5, 5.41) is 8.69. The Morgan fingerprint density at radius 1 is 0.960 bits per heavy atom. The van der Waals surface area contributed by atoms with Gasteiger partial charge in [0.05, 0.1) is 11.6 Å². The van der Waals surface area contributed by atoms with Gasteiger partial charge in [-0.05, 0) is 42.8 Å². The standard InChI is InChI=1S/C18H17N3O4/c1-13-4-2-3-5-16(13)25-12-18(23)21-20-17(22)11-24-15-8-6-14(10-19)7-9-15/h2-9H,11-12H2,1H3,(H,20,22)(H,21,23). The Morgan fingerprint density at radius 3 is 2.16 bits per heavy atom. The van der Waals surface area contributed by atoms with Crippen molar-refractivity contribution < 1.29 is 19.1 Å². The maximum atomic E-state index is 11.7. The third kappa shape index (κ3) is 5.88. The van der Waals surface area contributed by atoms with Crippen LogP contribution in [0, 0.1) is 18.3 Å². The molecule has 0 saturated carbocycles. The molecule has 2 aromatic rings. The van der Waals surface area contributed by atoms with Crippen molar-refractivity contribution >= 4 is 11.8 Å². The molecule has 128 valence electrons. The van der Waals surface area contributed by atoms with Gasteiger partial charge in [0, 0.05) is 0 Å². The van der Waals surface area contributed by atoms with Crippen molar-refractivity contribution in [2.24, 2.45) is 0 Å². The van der Waals surface area contributed by atoms with E-state index in [4.69, 9.17) is 14.7 Å². The lowest BCUT2D eigenvalue weighted by Gasteiger charge is -2.10. The van der Waals surface area contributed by atoms with Gasteiger partial charge < -0.3 is 9.47 Å². The van der Waals surface area contributed by atoms with Crippen LogP contribution in [0.3, 0.4) is 0 Å². The molecular formula is C18H17N3O4. The molecule has 0 unspecified atom stereocenters. The fourth-order valence-electron chi connectivity index (χ4n) is 1.85. The van der Waals surface area contributed by atoms with Crippen LogP contribution in [-0.2, 0) is 9.59 Å². The van der Waals surface area contributed by atoms with Crippen LogP contribution >= 0.6 is 0 Å². The number of nitrogens with zero attached hydrogens (tertiary/aromatic N) is 1. The molecule has 25 heavy (non-hydrogen) atoms. The van der Waals surface area contributed by atoms with Gasteiger partial charge in [-0.3, -0.25) is 20.4 Å². The maximum absolute atomic E-state index is 11.7. The van der Waals surface area contributed by atoms with E-state index in [1.54, 1.807) is 30.3 Å². The van der Waals surface area contributed by atoms with Crippen LogP contribution in [0.2, 0.25) is 0 Å². The number of hydrogen-bond donors (Lipinski definition) is 2. The van der Waals surface area contributed by atoms with Crippen molar-refractivity contribution in [3.8, 4) is 17.6 Å². The predicted octanol–water partition coefficient (Wildman–Crippen LogP) is 1.47. The lowest BCUT2D eigenvalue weighted by Crippen LogP contribution is -2.45. The Balaban J connectivity index is 1.67. The first-order valence-corrected chi connectivity index (χ1v) is 7.47. The van der Waals surface area contributed by atoms with E-state index in [1.165, 1.54) is 0 Å². The Bertz CT molecular complexity index is 782. The van der Waals surface area contributed by atoms with Crippen molar-refractivity contribution in [2.75, 3.05) is 13.2 Å². The second-order valence-electron chi connectivity index (χ2n) is 5.08. The fourth-order valence-corrected chi connectivity index (χ4v) is 1.85. The molecule has 2 amide bonds. The van der Waals surface area contributed by atoms with Gasteiger partial charge in [0.15, 0.2) is 13.2 Å². The number of aryl methyl sites for hydroxylation is 1. The predicted molar refractivity (Wildman–Crippen MR) is 89.6 cm³/mol. The minimum absolute atomic E-state index is 0.221. The SMILES string of the molecule is Cc1ccccc1OCC(=O)NNC(=O)COc1ccc(C#N)cc1. The number of nitrogens with one attached hydrogen (secondary N) is 2.